The smallest absolute Gasteiger partial charge is 0.332 e. The molecule has 1 N–H and O–H groups in total. The molecule has 2 saturated heterocycles. The minimum atomic E-state index is -0.967. The molecule has 0 aromatic heterocycles. The second kappa shape index (κ2) is 5.26. The van der Waals surface area contributed by atoms with E-state index in [0.29, 0.717) is 18.8 Å². The first-order valence-electron chi connectivity index (χ1n) is 6.67. The molecule has 2 rings (SSSR count). The Balaban J connectivity index is 1.94. The van der Waals surface area contributed by atoms with Crippen molar-refractivity contribution in [3.05, 3.63) is 0 Å². The Bertz CT molecular complexity index is 344. The van der Waals surface area contributed by atoms with Crippen molar-refractivity contribution in [3.63, 3.8) is 0 Å². The minimum Gasteiger partial charge on any atom is -0.479 e. The van der Waals surface area contributed by atoms with Crippen LogP contribution in [0.2, 0.25) is 0 Å². The molecule has 2 aliphatic rings. The maximum absolute atomic E-state index is 12.3. The highest BCUT2D eigenvalue weighted by atomic mass is 16.5. The molecule has 0 bridgehead atoms. The average Bonchev–Trinajstić information content (AvgIpc) is 2.77. The Morgan fingerprint density at radius 1 is 1.17 bits per heavy atom. The van der Waals surface area contributed by atoms with E-state index in [1.165, 1.54) is 0 Å². The summed E-state index contributed by atoms with van der Waals surface area (Å²) in [6.07, 6.45) is 1.63. The highest BCUT2D eigenvalue weighted by Gasteiger charge is 2.38. The van der Waals surface area contributed by atoms with Gasteiger partial charge in [-0.3, -0.25) is 4.79 Å². The zero-order valence-electron chi connectivity index (χ0n) is 11.0. The summed E-state index contributed by atoms with van der Waals surface area (Å²) in [6, 6.07) is 0.230. The number of hydrogen-bond donors (Lipinski definition) is 1. The highest BCUT2D eigenvalue weighted by molar-refractivity contribution is 5.83. The number of hydrogen-bond acceptors (Lipinski definition) is 3. The molecule has 2 heterocycles. The van der Waals surface area contributed by atoms with E-state index in [0.717, 1.165) is 19.4 Å². The van der Waals surface area contributed by atoms with Gasteiger partial charge in [0.1, 0.15) is 6.10 Å². The lowest BCUT2D eigenvalue weighted by Crippen LogP contribution is -2.48. The van der Waals surface area contributed by atoms with Gasteiger partial charge in [-0.25, -0.2) is 4.79 Å². The van der Waals surface area contributed by atoms with Crippen molar-refractivity contribution >= 4 is 11.9 Å². The summed E-state index contributed by atoms with van der Waals surface area (Å²) < 4.78 is 5.32. The number of rotatable bonds is 2. The van der Waals surface area contributed by atoms with Crippen LogP contribution in [0.25, 0.3) is 0 Å². The third-order valence-corrected chi connectivity index (χ3v) is 3.99. The van der Waals surface area contributed by atoms with E-state index in [1.807, 2.05) is 4.90 Å². The van der Waals surface area contributed by atoms with Gasteiger partial charge in [-0.15, -0.1) is 0 Å². The van der Waals surface area contributed by atoms with Crippen LogP contribution in [-0.2, 0) is 14.3 Å². The summed E-state index contributed by atoms with van der Waals surface area (Å²) in [5.74, 6) is -0.343. The third kappa shape index (κ3) is 2.66. The lowest BCUT2D eigenvalue weighted by molar-refractivity contribution is -0.156. The average molecular weight is 255 g/mol. The zero-order valence-corrected chi connectivity index (χ0v) is 11.0. The molecule has 4 unspecified atom stereocenters. The van der Waals surface area contributed by atoms with Gasteiger partial charge in [0.2, 0.25) is 0 Å². The van der Waals surface area contributed by atoms with Crippen LogP contribution in [0.5, 0.6) is 0 Å². The van der Waals surface area contributed by atoms with Crippen molar-refractivity contribution in [2.45, 2.75) is 57.8 Å². The lowest BCUT2D eigenvalue weighted by Gasteiger charge is -2.37. The van der Waals surface area contributed by atoms with Crippen molar-refractivity contribution in [2.75, 3.05) is 6.54 Å². The first-order valence-corrected chi connectivity index (χ1v) is 6.67. The maximum Gasteiger partial charge on any atom is 0.332 e. The first-order chi connectivity index (χ1) is 8.49. The van der Waals surface area contributed by atoms with Gasteiger partial charge in [-0.2, -0.15) is 0 Å². The van der Waals surface area contributed by atoms with Crippen LogP contribution in [-0.4, -0.2) is 46.7 Å². The summed E-state index contributed by atoms with van der Waals surface area (Å²) in [5.41, 5.74) is 0. The van der Waals surface area contributed by atoms with E-state index in [-0.39, 0.29) is 11.9 Å². The molecule has 0 saturated carbocycles. The molecule has 102 valence electrons. The number of carbonyl (C=O) groups excluding carboxylic acids is 1. The number of ether oxygens (including phenoxy) is 1. The first kappa shape index (κ1) is 13.3. The molecular formula is C13H21NO4. The fourth-order valence-corrected chi connectivity index (χ4v) is 2.92. The second-order valence-electron chi connectivity index (χ2n) is 5.54. The Hall–Kier alpha value is -1.10. The molecule has 5 heteroatoms. The maximum atomic E-state index is 12.3. The largest absolute Gasteiger partial charge is 0.479 e. The Morgan fingerprint density at radius 2 is 1.83 bits per heavy atom. The van der Waals surface area contributed by atoms with E-state index in [4.69, 9.17) is 9.84 Å². The van der Waals surface area contributed by atoms with Crippen molar-refractivity contribution in [3.8, 4) is 0 Å². The van der Waals surface area contributed by atoms with Crippen LogP contribution in [0.15, 0.2) is 0 Å². The van der Waals surface area contributed by atoms with E-state index >= 15 is 0 Å². The van der Waals surface area contributed by atoms with Crippen molar-refractivity contribution < 1.29 is 19.4 Å². The number of amides is 1. The fourth-order valence-electron chi connectivity index (χ4n) is 2.92. The van der Waals surface area contributed by atoms with Crippen LogP contribution in [0, 0.1) is 5.92 Å². The quantitative estimate of drug-likeness (QED) is 0.806. The van der Waals surface area contributed by atoms with Crippen LogP contribution >= 0.6 is 0 Å². The van der Waals surface area contributed by atoms with Crippen molar-refractivity contribution in [1.82, 2.24) is 4.90 Å². The molecule has 5 nitrogen and oxygen atoms in total. The molecule has 1 amide bonds. The molecule has 18 heavy (non-hydrogen) atoms. The topological polar surface area (TPSA) is 66.8 Å². The standard InChI is InChI=1S/C13H21NO4/c1-8-5-6-14(9(2)7-8)12(15)10-3-4-11(18-10)13(16)17/h8-11H,3-7H2,1-2H3,(H,16,17). The summed E-state index contributed by atoms with van der Waals surface area (Å²) in [5, 5.41) is 8.86. The van der Waals surface area contributed by atoms with Crippen molar-refractivity contribution in [1.29, 1.82) is 0 Å². The van der Waals surface area contributed by atoms with Crippen LogP contribution in [0.4, 0.5) is 0 Å². The molecule has 0 aromatic rings. The summed E-state index contributed by atoms with van der Waals surface area (Å²) >= 11 is 0. The molecule has 0 radical (unpaired) electrons. The monoisotopic (exact) mass is 255 g/mol. The molecule has 0 spiro atoms. The van der Waals surface area contributed by atoms with E-state index in [9.17, 15) is 9.59 Å². The fraction of sp³-hybridized carbons (Fsp3) is 0.846. The normalized spacial score (nSPS) is 36.7. The number of carboxylic acid groups (broad SMARTS) is 1. The van der Waals surface area contributed by atoms with Gasteiger partial charge >= 0.3 is 5.97 Å². The summed E-state index contributed by atoms with van der Waals surface area (Å²) in [7, 11) is 0. The molecule has 0 aromatic carbocycles. The third-order valence-electron chi connectivity index (χ3n) is 3.99. The number of aliphatic carboxylic acids is 1. The highest BCUT2D eigenvalue weighted by Crippen LogP contribution is 2.27. The van der Waals surface area contributed by atoms with E-state index < -0.39 is 18.2 Å². The second-order valence-corrected chi connectivity index (χ2v) is 5.54. The molecule has 2 fully saturated rings. The van der Waals surface area contributed by atoms with Gasteiger partial charge in [-0.1, -0.05) is 6.92 Å². The number of piperidine rings is 1. The van der Waals surface area contributed by atoms with Gasteiger partial charge in [0.05, 0.1) is 0 Å². The van der Waals surface area contributed by atoms with Gasteiger partial charge < -0.3 is 14.7 Å². The van der Waals surface area contributed by atoms with Gasteiger partial charge in [0.25, 0.3) is 5.91 Å². The van der Waals surface area contributed by atoms with Crippen LogP contribution < -0.4 is 0 Å². The van der Waals surface area contributed by atoms with Crippen molar-refractivity contribution in [2.24, 2.45) is 5.92 Å². The predicted octanol–water partition coefficient (Wildman–Crippen LogP) is 1.27. The number of carboxylic acids is 1. The van der Waals surface area contributed by atoms with Crippen LogP contribution in [0.1, 0.15) is 39.5 Å². The number of carbonyl (C=O) groups is 2. The molecule has 0 aliphatic carbocycles. The predicted molar refractivity (Wildman–Crippen MR) is 65.1 cm³/mol. The molecule has 2 aliphatic heterocycles. The van der Waals surface area contributed by atoms with E-state index in [1.54, 1.807) is 0 Å². The number of nitrogens with zero attached hydrogens (tertiary/aromatic N) is 1. The molecular weight excluding hydrogens is 234 g/mol. The molecule has 4 atom stereocenters. The summed E-state index contributed by atoms with van der Waals surface area (Å²) in [6.45, 7) is 5.01. The Labute approximate surface area is 107 Å². The Kier molecular flexibility index (Phi) is 3.90. The SMILES string of the molecule is CC1CCN(C(=O)C2CCC(C(=O)O)O2)C(C)C1. The Morgan fingerprint density at radius 3 is 2.39 bits per heavy atom. The number of likely N-dealkylation sites (tertiary alicyclic amines) is 1. The van der Waals surface area contributed by atoms with Crippen LogP contribution in [0.3, 0.4) is 0 Å². The van der Waals surface area contributed by atoms with Gasteiger partial charge in [0, 0.05) is 12.6 Å². The minimum absolute atomic E-state index is 0.0295. The van der Waals surface area contributed by atoms with Gasteiger partial charge in [-0.05, 0) is 38.5 Å². The lowest BCUT2D eigenvalue weighted by atomic mass is 9.93. The zero-order chi connectivity index (χ0) is 13.3. The van der Waals surface area contributed by atoms with Gasteiger partial charge in [0.15, 0.2) is 6.10 Å². The summed E-state index contributed by atoms with van der Waals surface area (Å²) in [4.78, 5) is 25.0. The van der Waals surface area contributed by atoms with E-state index in [2.05, 4.69) is 13.8 Å².